The lowest BCUT2D eigenvalue weighted by atomic mass is 9.96. The molecule has 0 saturated carbocycles. The average molecular weight is 451 g/mol. The summed E-state index contributed by atoms with van der Waals surface area (Å²) in [6.07, 6.45) is 1.06. The summed E-state index contributed by atoms with van der Waals surface area (Å²) in [5, 5.41) is 0.520. The topological polar surface area (TPSA) is 66.9 Å². The van der Waals surface area contributed by atoms with Gasteiger partial charge in [-0.1, -0.05) is 35.9 Å². The molecule has 1 aliphatic heterocycles. The summed E-state index contributed by atoms with van der Waals surface area (Å²) in [4.78, 5) is 14.5. The van der Waals surface area contributed by atoms with Crippen LogP contribution in [0.5, 0.6) is 5.75 Å². The number of ether oxygens (including phenoxy) is 1. The second-order valence-electron chi connectivity index (χ2n) is 7.60. The van der Waals surface area contributed by atoms with Gasteiger partial charge >= 0.3 is 0 Å². The molecule has 162 valence electrons. The fourth-order valence-corrected chi connectivity index (χ4v) is 5.47. The highest BCUT2D eigenvalue weighted by atomic mass is 35.5. The number of carbonyl (C=O) groups excluding carboxylic acids is 1. The molecule has 3 rings (SSSR count). The first kappa shape index (κ1) is 22.6. The molecule has 0 radical (unpaired) electrons. The number of methoxy groups -OCH3 is 1. The van der Waals surface area contributed by atoms with Crippen LogP contribution in [0.15, 0.2) is 48.5 Å². The molecule has 1 amide bonds. The predicted molar refractivity (Wildman–Crippen MR) is 118 cm³/mol. The van der Waals surface area contributed by atoms with Gasteiger partial charge in [0, 0.05) is 37.6 Å². The van der Waals surface area contributed by atoms with E-state index in [0.29, 0.717) is 43.1 Å². The molecule has 2 aromatic rings. The molecule has 2 aromatic carbocycles. The molecule has 0 bridgehead atoms. The standard InChI is InChI=1S/C22H27ClN2O4S/c1-24(15-17-6-8-21(29-2)9-7-17)22(26)19-10-12-25(13-11-19)30(27,28)16-18-4-3-5-20(23)14-18/h3-9,14,19H,10-13,15-16H2,1-2H3. The Kier molecular flexibility index (Phi) is 7.39. The van der Waals surface area contributed by atoms with Gasteiger partial charge in [0.05, 0.1) is 12.9 Å². The van der Waals surface area contributed by atoms with Crippen molar-refractivity contribution in [3.8, 4) is 5.75 Å². The molecule has 0 N–H and O–H groups in total. The molecule has 0 aliphatic carbocycles. The molecule has 0 atom stereocenters. The van der Waals surface area contributed by atoms with E-state index in [1.165, 1.54) is 4.31 Å². The number of benzene rings is 2. The Hall–Kier alpha value is -2.09. The third-order valence-electron chi connectivity index (χ3n) is 5.39. The van der Waals surface area contributed by atoms with Gasteiger partial charge in [-0.3, -0.25) is 4.79 Å². The van der Waals surface area contributed by atoms with Crippen LogP contribution >= 0.6 is 11.6 Å². The van der Waals surface area contributed by atoms with Crippen molar-refractivity contribution in [2.24, 2.45) is 5.92 Å². The SMILES string of the molecule is COc1ccc(CN(C)C(=O)C2CCN(S(=O)(=O)Cc3cccc(Cl)c3)CC2)cc1. The van der Waals surface area contributed by atoms with E-state index in [2.05, 4.69) is 0 Å². The summed E-state index contributed by atoms with van der Waals surface area (Å²) in [5.74, 6) is 0.589. The fraction of sp³-hybridized carbons (Fsp3) is 0.409. The van der Waals surface area contributed by atoms with Gasteiger partial charge in [-0.25, -0.2) is 12.7 Å². The minimum Gasteiger partial charge on any atom is -0.497 e. The van der Waals surface area contributed by atoms with Gasteiger partial charge in [-0.15, -0.1) is 0 Å². The largest absolute Gasteiger partial charge is 0.497 e. The first-order valence-electron chi connectivity index (χ1n) is 9.88. The van der Waals surface area contributed by atoms with Gasteiger partial charge in [-0.05, 0) is 48.2 Å². The predicted octanol–water partition coefficient (Wildman–Crippen LogP) is 3.55. The van der Waals surface area contributed by atoms with Gasteiger partial charge in [0.1, 0.15) is 5.75 Å². The van der Waals surface area contributed by atoms with Crippen LogP contribution in [0.4, 0.5) is 0 Å². The van der Waals surface area contributed by atoms with Crippen LogP contribution in [0.25, 0.3) is 0 Å². The Bertz CT molecular complexity index is 971. The first-order valence-corrected chi connectivity index (χ1v) is 11.9. The molecule has 30 heavy (non-hydrogen) atoms. The van der Waals surface area contributed by atoms with Gasteiger partial charge in [0.25, 0.3) is 0 Å². The van der Waals surface area contributed by atoms with Crippen LogP contribution in [0.2, 0.25) is 5.02 Å². The van der Waals surface area contributed by atoms with Crippen molar-refractivity contribution in [2.75, 3.05) is 27.2 Å². The van der Waals surface area contributed by atoms with Gasteiger partial charge in [-0.2, -0.15) is 0 Å². The summed E-state index contributed by atoms with van der Waals surface area (Å²) in [6, 6.07) is 14.5. The number of halogens is 1. The van der Waals surface area contributed by atoms with E-state index in [4.69, 9.17) is 16.3 Å². The first-order chi connectivity index (χ1) is 14.3. The molecular formula is C22H27ClN2O4S. The van der Waals surface area contributed by atoms with Gasteiger partial charge < -0.3 is 9.64 Å². The van der Waals surface area contributed by atoms with E-state index < -0.39 is 10.0 Å². The Balaban J connectivity index is 1.54. The van der Waals surface area contributed by atoms with E-state index in [1.807, 2.05) is 24.3 Å². The molecule has 8 heteroatoms. The number of piperidine rings is 1. The van der Waals surface area contributed by atoms with Crippen LogP contribution in [0, 0.1) is 5.92 Å². The second kappa shape index (κ2) is 9.81. The maximum Gasteiger partial charge on any atom is 0.225 e. The number of sulfonamides is 1. The summed E-state index contributed by atoms with van der Waals surface area (Å²) >= 11 is 5.96. The van der Waals surface area contributed by atoms with Crippen molar-refractivity contribution >= 4 is 27.5 Å². The quantitative estimate of drug-likeness (QED) is 0.647. The number of amides is 1. The smallest absolute Gasteiger partial charge is 0.225 e. The van der Waals surface area contributed by atoms with E-state index >= 15 is 0 Å². The van der Waals surface area contributed by atoms with Crippen molar-refractivity contribution in [1.82, 2.24) is 9.21 Å². The third kappa shape index (κ3) is 5.74. The zero-order chi connectivity index (χ0) is 21.7. The van der Waals surface area contributed by atoms with Crippen molar-refractivity contribution in [3.63, 3.8) is 0 Å². The Morgan fingerprint density at radius 1 is 1.13 bits per heavy atom. The molecule has 0 aromatic heterocycles. The molecule has 1 saturated heterocycles. The zero-order valence-electron chi connectivity index (χ0n) is 17.3. The zero-order valence-corrected chi connectivity index (χ0v) is 18.8. The lowest BCUT2D eigenvalue weighted by Gasteiger charge is -2.32. The lowest BCUT2D eigenvalue weighted by Crippen LogP contribution is -2.43. The molecular weight excluding hydrogens is 424 g/mol. The summed E-state index contributed by atoms with van der Waals surface area (Å²) in [5.41, 5.74) is 1.69. The van der Waals surface area contributed by atoms with Crippen LogP contribution in [0.1, 0.15) is 24.0 Å². The molecule has 1 fully saturated rings. The highest BCUT2D eigenvalue weighted by Gasteiger charge is 2.32. The van der Waals surface area contributed by atoms with Crippen molar-refractivity contribution in [2.45, 2.75) is 25.1 Å². The van der Waals surface area contributed by atoms with Crippen molar-refractivity contribution < 1.29 is 17.9 Å². The van der Waals surface area contributed by atoms with Gasteiger partial charge in [0.15, 0.2) is 0 Å². The van der Waals surface area contributed by atoms with Crippen LogP contribution in [-0.4, -0.2) is 50.8 Å². The summed E-state index contributed by atoms with van der Waals surface area (Å²) < 4.78 is 32.1. The Morgan fingerprint density at radius 2 is 1.80 bits per heavy atom. The van der Waals surface area contributed by atoms with E-state index in [-0.39, 0.29) is 17.6 Å². The number of rotatable bonds is 7. The van der Waals surface area contributed by atoms with Crippen molar-refractivity contribution in [1.29, 1.82) is 0 Å². The maximum absolute atomic E-state index is 12.8. The average Bonchev–Trinajstić information content (AvgIpc) is 2.73. The number of nitrogens with zero attached hydrogens (tertiary/aromatic N) is 2. The monoisotopic (exact) mass is 450 g/mol. The molecule has 1 heterocycles. The number of hydrogen-bond donors (Lipinski definition) is 0. The lowest BCUT2D eigenvalue weighted by molar-refractivity contribution is -0.135. The molecule has 1 aliphatic rings. The Morgan fingerprint density at radius 3 is 2.40 bits per heavy atom. The highest BCUT2D eigenvalue weighted by molar-refractivity contribution is 7.88. The normalized spacial score (nSPS) is 15.7. The maximum atomic E-state index is 12.8. The Labute approximate surface area is 183 Å². The molecule has 0 unspecified atom stereocenters. The minimum atomic E-state index is -3.44. The summed E-state index contributed by atoms with van der Waals surface area (Å²) in [6.45, 7) is 1.22. The number of carbonyl (C=O) groups is 1. The minimum absolute atomic E-state index is 0.0534. The summed E-state index contributed by atoms with van der Waals surface area (Å²) in [7, 11) is -0.0360. The second-order valence-corrected chi connectivity index (χ2v) is 10.0. The number of hydrogen-bond acceptors (Lipinski definition) is 4. The van der Waals surface area contributed by atoms with E-state index in [1.54, 1.807) is 43.3 Å². The molecule has 0 spiro atoms. The van der Waals surface area contributed by atoms with Gasteiger partial charge in [0.2, 0.25) is 15.9 Å². The molecule has 6 nitrogen and oxygen atoms in total. The van der Waals surface area contributed by atoms with Crippen LogP contribution in [0.3, 0.4) is 0 Å². The highest BCUT2D eigenvalue weighted by Crippen LogP contribution is 2.24. The van der Waals surface area contributed by atoms with E-state index in [9.17, 15) is 13.2 Å². The van der Waals surface area contributed by atoms with E-state index in [0.717, 1.165) is 11.3 Å². The van der Waals surface area contributed by atoms with Crippen molar-refractivity contribution in [3.05, 3.63) is 64.7 Å². The fourth-order valence-electron chi connectivity index (χ4n) is 3.70. The van der Waals surface area contributed by atoms with Crippen LogP contribution < -0.4 is 4.74 Å². The van der Waals surface area contributed by atoms with Crippen LogP contribution in [-0.2, 0) is 27.1 Å². The third-order valence-corrected chi connectivity index (χ3v) is 7.47.